The third-order valence-corrected chi connectivity index (χ3v) is 3.79. The van der Waals surface area contributed by atoms with Gasteiger partial charge < -0.3 is 10.9 Å². The Balaban J connectivity index is 3.33. The van der Waals surface area contributed by atoms with Gasteiger partial charge in [0.2, 0.25) is 0 Å². The number of nitrogens with two attached hydrogens (primary N) is 1. The van der Waals surface area contributed by atoms with E-state index in [2.05, 4.69) is 23.9 Å². The zero-order valence-electron chi connectivity index (χ0n) is 13.6. The van der Waals surface area contributed by atoms with E-state index < -0.39 is 0 Å². The molecule has 20 heavy (non-hydrogen) atoms. The second kappa shape index (κ2) is 14.6. The summed E-state index contributed by atoms with van der Waals surface area (Å²) in [5.74, 6) is 0.305. The molecule has 0 atom stereocenters. The van der Waals surface area contributed by atoms with Gasteiger partial charge in [-0.15, -0.1) is 0 Å². The van der Waals surface area contributed by atoms with E-state index >= 15 is 0 Å². The van der Waals surface area contributed by atoms with Crippen molar-refractivity contribution in [1.82, 2.24) is 4.90 Å². The van der Waals surface area contributed by atoms with Crippen molar-refractivity contribution >= 4 is 5.84 Å². The fourth-order valence-electron chi connectivity index (χ4n) is 2.43. The van der Waals surface area contributed by atoms with E-state index in [0.717, 1.165) is 13.1 Å². The lowest BCUT2D eigenvalue weighted by molar-refractivity contribution is 0.294. The van der Waals surface area contributed by atoms with E-state index in [4.69, 9.17) is 10.9 Å². The van der Waals surface area contributed by atoms with Crippen LogP contribution in [0.5, 0.6) is 0 Å². The summed E-state index contributed by atoms with van der Waals surface area (Å²) in [5.41, 5.74) is 5.53. The van der Waals surface area contributed by atoms with Gasteiger partial charge in [0.15, 0.2) is 5.84 Å². The molecule has 0 saturated heterocycles. The molecule has 4 heteroatoms. The van der Waals surface area contributed by atoms with Gasteiger partial charge in [0.25, 0.3) is 0 Å². The Kier molecular flexibility index (Phi) is 14.1. The molecule has 120 valence electrons. The Bertz CT molecular complexity index is 232. The van der Waals surface area contributed by atoms with Gasteiger partial charge in [-0.25, -0.2) is 0 Å². The van der Waals surface area contributed by atoms with Crippen molar-refractivity contribution in [2.45, 2.75) is 78.1 Å². The minimum absolute atomic E-state index is 0.305. The number of unbranched alkanes of at least 4 members (excludes halogenated alkanes) is 9. The number of likely N-dealkylation sites (N-methyl/N-ethyl adjacent to an activating group) is 1. The van der Waals surface area contributed by atoms with Crippen molar-refractivity contribution in [1.29, 1.82) is 0 Å². The lowest BCUT2D eigenvalue weighted by atomic mass is 10.1. The molecular formula is C16H35N3O. The maximum absolute atomic E-state index is 8.56. The quantitative estimate of drug-likeness (QED) is 0.167. The van der Waals surface area contributed by atoms with Crippen molar-refractivity contribution in [2.24, 2.45) is 10.9 Å². The van der Waals surface area contributed by atoms with Gasteiger partial charge >= 0.3 is 0 Å². The van der Waals surface area contributed by atoms with Gasteiger partial charge in [-0.3, -0.25) is 4.90 Å². The zero-order chi connectivity index (χ0) is 15.1. The molecule has 4 nitrogen and oxygen atoms in total. The first-order valence-electron chi connectivity index (χ1n) is 8.43. The van der Waals surface area contributed by atoms with E-state index in [9.17, 15) is 0 Å². The summed E-state index contributed by atoms with van der Waals surface area (Å²) in [7, 11) is 0. The molecule has 0 aliphatic carbocycles. The van der Waals surface area contributed by atoms with Crippen molar-refractivity contribution in [3.63, 3.8) is 0 Å². The van der Waals surface area contributed by atoms with E-state index in [0.29, 0.717) is 12.4 Å². The monoisotopic (exact) mass is 285 g/mol. The number of oxime groups is 1. The number of nitrogens with zero attached hydrogens (tertiary/aromatic N) is 2. The number of hydrogen-bond donors (Lipinski definition) is 2. The van der Waals surface area contributed by atoms with Crippen LogP contribution >= 0.6 is 0 Å². The molecule has 0 spiro atoms. The van der Waals surface area contributed by atoms with Crippen molar-refractivity contribution in [3.05, 3.63) is 0 Å². The number of rotatable bonds is 14. The molecule has 0 unspecified atom stereocenters. The van der Waals surface area contributed by atoms with Crippen molar-refractivity contribution in [2.75, 3.05) is 19.6 Å². The molecule has 0 bridgehead atoms. The summed E-state index contributed by atoms with van der Waals surface area (Å²) >= 11 is 0. The first-order valence-corrected chi connectivity index (χ1v) is 8.43. The summed E-state index contributed by atoms with van der Waals surface area (Å²) in [6.45, 7) is 6.95. The molecule has 0 radical (unpaired) electrons. The van der Waals surface area contributed by atoms with Crippen LogP contribution in [0.4, 0.5) is 0 Å². The fraction of sp³-hybridized carbons (Fsp3) is 0.938. The average Bonchev–Trinajstić information content (AvgIpc) is 2.47. The average molecular weight is 285 g/mol. The summed E-state index contributed by atoms with van der Waals surface area (Å²) in [6, 6.07) is 0. The maximum Gasteiger partial charge on any atom is 0.153 e. The first-order chi connectivity index (χ1) is 9.74. The molecule has 0 aromatic carbocycles. The highest BCUT2D eigenvalue weighted by atomic mass is 16.4. The molecule has 0 aromatic rings. The van der Waals surface area contributed by atoms with Crippen LogP contribution in [0.3, 0.4) is 0 Å². The van der Waals surface area contributed by atoms with Crippen LogP contribution in [0.2, 0.25) is 0 Å². The zero-order valence-corrected chi connectivity index (χ0v) is 13.6. The third kappa shape index (κ3) is 12.3. The molecule has 0 aliphatic heterocycles. The second-order valence-electron chi connectivity index (χ2n) is 5.64. The molecule has 0 saturated carbocycles. The summed E-state index contributed by atoms with van der Waals surface area (Å²) in [5, 5.41) is 11.6. The van der Waals surface area contributed by atoms with Gasteiger partial charge in [-0.1, -0.05) is 76.8 Å². The molecule has 0 aliphatic rings. The predicted octanol–water partition coefficient (Wildman–Crippen LogP) is 3.98. The van der Waals surface area contributed by atoms with E-state index in [1.54, 1.807) is 0 Å². The molecule has 0 amide bonds. The second-order valence-corrected chi connectivity index (χ2v) is 5.64. The largest absolute Gasteiger partial charge is 0.409 e. The minimum atomic E-state index is 0.305. The number of amidine groups is 1. The van der Waals surface area contributed by atoms with Crippen LogP contribution in [0.1, 0.15) is 78.1 Å². The summed E-state index contributed by atoms with van der Waals surface area (Å²) < 4.78 is 0. The maximum atomic E-state index is 8.56. The Morgan fingerprint density at radius 2 is 1.40 bits per heavy atom. The van der Waals surface area contributed by atoms with Crippen LogP contribution in [0.15, 0.2) is 5.16 Å². The van der Waals surface area contributed by atoms with Crippen molar-refractivity contribution in [3.8, 4) is 0 Å². The first kappa shape index (κ1) is 19.2. The smallest absolute Gasteiger partial charge is 0.153 e. The van der Waals surface area contributed by atoms with Crippen LogP contribution in [0, 0.1) is 0 Å². The van der Waals surface area contributed by atoms with Crippen LogP contribution < -0.4 is 5.73 Å². The summed E-state index contributed by atoms with van der Waals surface area (Å²) in [4.78, 5) is 2.22. The molecular weight excluding hydrogens is 250 g/mol. The van der Waals surface area contributed by atoms with Crippen LogP contribution in [-0.2, 0) is 0 Å². The molecule has 0 heterocycles. The Hall–Kier alpha value is -0.770. The van der Waals surface area contributed by atoms with Crippen LogP contribution in [0.25, 0.3) is 0 Å². The molecule has 0 rings (SSSR count). The fourth-order valence-corrected chi connectivity index (χ4v) is 2.43. The van der Waals surface area contributed by atoms with Crippen molar-refractivity contribution < 1.29 is 5.21 Å². The Morgan fingerprint density at radius 1 is 0.900 bits per heavy atom. The summed E-state index contributed by atoms with van der Waals surface area (Å²) in [6.07, 6.45) is 13.6. The highest BCUT2D eigenvalue weighted by Gasteiger charge is 2.04. The SMILES string of the molecule is CCCCCCCCCCCCN(CC)CC(N)=NO. The minimum Gasteiger partial charge on any atom is -0.409 e. The molecule has 0 fully saturated rings. The standard InChI is InChI=1S/C16H35N3O/c1-3-5-6-7-8-9-10-11-12-13-14-19(4-2)15-16(17)18-20/h20H,3-15H2,1-2H3,(H2,17,18). The van der Waals surface area contributed by atoms with E-state index in [1.165, 1.54) is 64.2 Å². The van der Waals surface area contributed by atoms with Gasteiger partial charge in [-0.05, 0) is 19.5 Å². The van der Waals surface area contributed by atoms with Gasteiger partial charge in [0.05, 0.1) is 6.54 Å². The topological polar surface area (TPSA) is 61.8 Å². The number of hydrogen-bond acceptors (Lipinski definition) is 3. The van der Waals surface area contributed by atoms with Crippen LogP contribution in [-0.4, -0.2) is 35.6 Å². The lowest BCUT2D eigenvalue weighted by Crippen LogP contribution is -2.34. The normalized spacial score (nSPS) is 12.2. The third-order valence-electron chi connectivity index (χ3n) is 3.79. The molecule has 3 N–H and O–H groups in total. The lowest BCUT2D eigenvalue weighted by Gasteiger charge is -2.19. The van der Waals surface area contributed by atoms with Gasteiger partial charge in [0.1, 0.15) is 0 Å². The Labute approximate surface area is 125 Å². The predicted molar refractivity (Wildman–Crippen MR) is 87.4 cm³/mol. The van der Waals surface area contributed by atoms with Gasteiger partial charge in [-0.2, -0.15) is 0 Å². The highest BCUT2D eigenvalue weighted by Crippen LogP contribution is 2.10. The Morgan fingerprint density at radius 3 is 1.85 bits per heavy atom. The van der Waals surface area contributed by atoms with E-state index in [-0.39, 0.29) is 0 Å². The van der Waals surface area contributed by atoms with E-state index in [1.807, 2.05) is 0 Å². The molecule has 0 aromatic heterocycles. The van der Waals surface area contributed by atoms with Gasteiger partial charge in [0, 0.05) is 0 Å². The highest BCUT2D eigenvalue weighted by molar-refractivity contribution is 5.81.